The van der Waals surface area contributed by atoms with Crippen molar-refractivity contribution in [2.75, 3.05) is 12.0 Å². The molecule has 8 heteroatoms. The first-order valence-electron chi connectivity index (χ1n) is 10.9. The molecule has 174 valence electrons. The number of nitriles is 1. The van der Waals surface area contributed by atoms with Gasteiger partial charge in [0, 0.05) is 29.2 Å². The van der Waals surface area contributed by atoms with Crippen LogP contribution < -0.4 is 4.90 Å². The van der Waals surface area contributed by atoms with Gasteiger partial charge in [0.2, 0.25) is 0 Å². The summed E-state index contributed by atoms with van der Waals surface area (Å²) in [6, 6.07) is 13.8. The Kier molecular flexibility index (Phi) is 5.52. The van der Waals surface area contributed by atoms with Crippen molar-refractivity contribution in [3.05, 3.63) is 75.8 Å². The summed E-state index contributed by atoms with van der Waals surface area (Å²) < 4.78 is 5.15. The van der Waals surface area contributed by atoms with Gasteiger partial charge >= 0.3 is 5.97 Å². The summed E-state index contributed by atoms with van der Waals surface area (Å²) >= 11 is 0. The van der Waals surface area contributed by atoms with Crippen LogP contribution in [0.1, 0.15) is 37.8 Å². The van der Waals surface area contributed by atoms with Gasteiger partial charge in [0.25, 0.3) is 5.69 Å². The number of Topliss-reactive ketones (excluding diaryl/α,β-unsaturated/α-hetero) is 1. The highest BCUT2D eigenvalue weighted by Crippen LogP contribution is 2.57. The summed E-state index contributed by atoms with van der Waals surface area (Å²) in [6.07, 6.45) is 3.62. The summed E-state index contributed by atoms with van der Waals surface area (Å²) in [5.41, 5.74) is -0.562. The van der Waals surface area contributed by atoms with E-state index in [1.807, 2.05) is 35.2 Å². The first-order valence-corrected chi connectivity index (χ1v) is 10.9. The molecule has 2 heterocycles. The molecule has 0 spiro atoms. The van der Waals surface area contributed by atoms with E-state index in [2.05, 4.69) is 6.07 Å². The van der Waals surface area contributed by atoms with Crippen LogP contribution in [0.15, 0.2) is 54.6 Å². The van der Waals surface area contributed by atoms with Crippen molar-refractivity contribution in [1.82, 2.24) is 0 Å². The van der Waals surface area contributed by atoms with Crippen LogP contribution in [0.25, 0.3) is 6.08 Å². The largest absolute Gasteiger partial charge is 0.468 e. The lowest BCUT2D eigenvalue weighted by Crippen LogP contribution is -2.48. The fraction of sp³-hybridized carbons (Fsp3) is 0.346. The molecule has 4 rings (SSSR count). The van der Waals surface area contributed by atoms with Gasteiger partial charge in [-0.15, -0.1) is 0 Å². The van der Waals surface area contributed by atoms with Gasteiger partial charge < -0.3 is 9.64 Å². The minimum atomic E-state index is -1.75. The molecular formula is C26H25N3O5. The molecule has 2 aliphatic rings. The molecular weight excluding hydrogens is 434 g/mol. The number of hydrogen-bond acceptors (Lipinski definition) is 7. The quantitative estimate of drug-likeness (QED) is 0.381. The lowest BCUT2D eigenvalue weighted by atomic mass is 9.67. The molecule has 2 aliphatic heterocycles. The van der Waals surface area contributed by atoms with Crippen molar-refractivity contribution >= 4 is 29.2 Å². The van der Waals surface area contributed by atoms with Crippen LogP contribution in [0.4, 0.5) is 11.4 Å². The first kappa shape index (κ1) is 23.2. The fourth-order valence-electron chi connectivity index (χ4n) is 5.16. The van der Waals surface area contributed by atoms with Gasteiger partial charge in [0.15, 0.2) is 11.2 Å². The third-order valence-electron chi connectivity index (χ3n) is 6.72. The van der Waals surface area contributed by atoms with Crippen molar-refractivity contribution in [2.45, 2.75) is 38.8 Å². The van der Waals surface area contributed by atoms with E-state index in [-0.39, 0.29) is 11.5 Å². The van der Waals surface area contributed by atoms with Gasteiger partial charge in [-0.2, -0.15) is 5.26 Å². The van der Waals surface area contributed by atoms with Gasteiger partial charge in [-0.1, -0.05) is 63.3 Å². The number of para-hydroxylation sites is 1. The molecule has 4 atom stereocenters. The first-order chi connectivity index (χ1) is 16.1. The summed E-state index contributed by atoms with van der Waals surface area (Å²) in [6.45, 7) is 5.40. The van der Waals surface area contributed by atoms with Gasteiger partial charge in [-0.05, 0) is 17.2 Å². The van der Waals surface area contributed by atoms with Gasteiger partial charge in [0.05, 0.1) is 30.2 Å². The molecule has 1 saturated heterocycles. The molecule has 2 aromatic rings. The predicted molar refractivity (Wildman–Crippen MR) is 126 cm³/mol. The molecule has 0 saturated carbocycles. The monoisotopic (exact) mass is 459 g/mol. The zero-order valence-electron chi connectivity index (χ0n) is 19.4. The molecule has 0 N–H and O–H groups in total. The van der Waals surface area contributed by atoms with Crippen LogP contribution in [-0.2, 0) is 14.3 Å². The number of nitro groups is 1. The molecule has 0 bridgehead atoms. The van der Waals surface area contributed by atoms with Crippen LogP contribution in [0.2, 0.25) is 0 Å². The number of fused-ring (bicyclic) bond motifs is 3. The second-order valence-electron chi connectivity index (χ2n) is 9.63. The molecule has 0 aliphatic carbocycles. The zero-order valence-corrected chi connectivity index (χ0v) is 19.4. The summed E-state index contributed by atoms with van der Waals surface area (Å²) in [4.78, 5) is 39.9. The topological polar surface area (TPSA) is 114 Å². The number of carbonyl (C=O) groups is 2. The molecule has 0 amide bonds. The van der Waals surface area contributed by atoms with E-state index in [0.29, 0.717) is 5.56 Å². The number of nitro benzene ring substituents is 1. The van der Waals surface area contributed by atoms with Crippen molar-refractivity contribution in [3.8, 4) is 6.07 Å². The van der Waals surface area contributed by atoms with Crippen LogP contribution in [0.5, 0.6) is 0 Å². The minimum absolute atomic E-state index is 0.121. The van der Waals surface area contributed by atoms with Gasteiger partial charge in [-0.3, -0.25) is 19.7 Å². The second-order valence-corrected chi connectivity index (χ2v) is 9.63. The summed E-state index contributed by atoms with van der Waals surface area (Å²) in [7, 11) is 1.22. The van der Waals surface area contributed by atoms with Crippen LogP contribution in [0.3, 0.4) is 0 Å². The maximum Gasteiger partial charge on any atom is 0.329 e. The van der Waals surface area contributed by atoms with Gasteiger partial charge in [0.1, 0.15) is 0 Å². The van der Waals surface area contributed by atoms with Crippen molar-refractivity contribution in [1.29, 1.82) is 5.26 Å². The van der Waals surface area contributed by atoms with E-state index in [1.54, 1.807) is 26.8 Å². The Bertz CT molecular complexity index is 1240. The van der Waals surface area contributed by atoms with Crippen molar-refractivity contribution in [3.63, 3.8) is 0 Å². The number of rotatable bonds is 4. The van der Waals surface area contributed by atoms with Crippen molar-refractivity contribution in [2.24, 2.45) is 10.8 Å². The standard InChI is InChI=1S/C26H25N3O5/c1-25(2,3)23(30)22-21(17-9-12-18(13-10-17)29(32)33)26(15-27,24(31)34-4)20-14-11-16-7-5-6-8-19(16)28(20)22/h5-14,20-22H,1-4H3/t20-,21+,22+,26+/m1/s1. The van der Waals surface area contributed by atoms with E-state index >= 15 is 0 Å². The SMILES string of the molecule is COC(=O)[C@]1(C#N)[C@@H](c2ccc([N+](=O)[O-])cc2)[C@@H](C(=O)C(C)(C)C)N2c3ccccc3C=C[C@@H]21. The van der Waals surface area contributed by atoms with Crippen molar-refractivity contribution < 1.29 is 19.2 Å². The maximum absolute atomic E-state index is 14.0. The highest BCUT2D eigenvalue weighted by atomic mass is 16.6. The number of nitrogens with zero attached hydrogens (tertiary/aromatic N) is 3. The number of esters is 1. The Labute approximate surface area is 197 Å². The predicted octanol–water partition coefficient (Wildman–Crippen LogP) is 4.26. The molecule has 2 aromatic carbocycles. The highest BCUT2D eigenvalue weighted by molar-refractivity contribution is 5.99. The Balaban J connectivity index is 2.04. The second kappa shape index (κ2) is 8.10. The highest BCUT2D eigenvalue weighted by Gasteiger charge is 2.67. The van der Waals surface area contributed by atoms with E-state index in [0.717, 1.165) is 11.3 Å². The molecule has 1 fully saturated rings. The Hall–Kier alpha value is -3.99. The Morgan fingerprint density at radius 2 is 1.79 bits per heavy atom. The molecule has 8 nitrogen and oxygen atoms in total. The number of methoxy groups -OCH3 is 1. The number of ether oxygens (including phenoxy) is 1. The number of benzene rings is 2. The molecule has 0 unspecified atom stereocenters. The Morgan fingerprint density at radius 1 is 1.15 bits per heavy atom. The average Bonchev–Trinajstić information content (AvgIpc) is 3.13. The number of non-ortho nitro benzene ring substituents is 1. The number of carbonyl (C=O) groups excluding carboxylic acids is 2. The smallest absolute Gasteiger partial charge is 0.329 e. The average molecular weight is 460 g/mol. The third-order valence-corrected chi connectivity index (χ3v) is 6.72. The fourth-order valence-corrected chi connectivity index (χ4v) is 5.16. The van der Waals surface area contributed by atoms with E-state index in [4.69, 9.17) is 4.74 Å². The van der Waals surface area contributed by atoms with E-state index in [9.17, 15) is 25.0 Å². The number of anilines is 1. The van der Waals surface area contributed by atoms with Crippen LogP contribution >= 0.6 is 0 Å². The normalized spacial score (nSPS) is 25.1. The maximum atomic E-state index is 14.0. The van der Waals surface area contributed by atoms with Crippen LogP contribution in [0, 0.1) is 32.3 Å². The lowest BCUT2D eigenvalue weighted by Gasteiger charge is -2.37. The van der Waals surface area contributed by atoms with Gasteiger partial charge in [-0.25, -0.2) is 0 Å². The number of ketones is 1. The van der Waals surface area contributed by atoms with E-state index in [1.165, 1.54) is 31.4 Å². The summed E-state index contributed by atoms with van der Waals surface area (Å²) in [5.74, 6) is -1.81. The molecule has 0 aromatic heterocycles. The zero-order chi connectivity index (χ0) is 24.8. The molecule has 34 heavy (non-hydrogen) atoms. The number of hydrogen-bond donors (Lipinski definition) is 0. The summed E-state index contributed by atoms with van der Waals surface area (Å²) in [5, 5.41) is 21.8. The third kappa shape index (κ3) is 3.27. The minimum Gasteiger partial charge on any atom is -0.468 e. The van der Waals surface area contributed by atoms with E-state index < -0.39 is 39.7 Å². The Morgan fingerprint density at radius 3 is 2.35 bits per heavy atom. The van der Waals surface area contributed by atoms with Crippen LogP contribution in [-0.4, -0.2) is 35.9 Å². The molecule has 0 radical (unpaired) electrons. The lowest BCUT2D eigenvalue weighted by molar-refractivity contribution is -0.384.